The van der Waals surface area contributed by atoms with Crippen molar-refractivity contribution in [2.24, 2.45) is 5.41 Å². The summed E-state index contributed by atoms with van der Waals surface area (Å²) in [6, 6.07) is 3.16. The van der Waals surface area contributed by atoms with Gasteiger partial charge in [0.15, 0.2) is 0 Å². The van der Waals surface area contributed by atoms with Crippen molar-refractivity contribution in [3.8, 4) is 0 Å². The van der Waals surface area contributed by atoms with Gasteiger partial charge < -0.3 is 10.0 Å². The number of anilines is 1. The normalized spacial score (nSPS) is 11.2. The molecule has 16 heavy (non-hydrogen) atoms. The Bertz CT molecular complexity index is 417. The monoisotopic (exact) mass is 241 g/mol. The van der Waals surface area contributed by atoms with Crippen molar-refractivity contribution in [3.63, 3.8) is 0 Å². The van der Waals surface area contributed by atoms with Gasteiger partial charge in [0.1, 0.15) is 4.88 Å². The molecule has 1 aromatic rings. The fourth-order valence-corrected chi connectivity index (χ4v) is 2.03. The first-order chi connectivity index (χ1) is 7.23. The van der Waals surface area contributed by atoms with Gasteiger partial charge in [-0.05, 0) is 12.1 Å². The fraction of sp³-hybridized carbons (Fsp3) is 0.455. The Morgan fingerprint density at radius 1 is 1.31 bits per heavy atom. The van der Waals surface area contributed by atoms with E-state index in [1.165, 1.54) is 11.0 Å². The Morgan fingerprint density at radius 3 is 2.25 bits per heavy atom. The highest BCUT2D eigenvalue weighted by molar-refractivity contribution is 7.18. The van der Waals surface area contributed by atoms with E-state index >= 15 is 0 Å². The second-order valence-corrected chi connectivity index (χ2v) is 5.62. The van der Waals surface area contributed by atoms with Crippen LogP contribution in [0.5, 0.6) is 0 Å². The van der Waals surface area contributed by atoms with Gasteiger partial charge in [0, 0.05) is 12.5 Å². The summed E-state index contributed by atoms with van der Waals surface area (Å²) in [5.74, 6) is -1.00. The minimum Gasteiger partial charge on any atom is -0.477 e. The second-order valence-electron chi connectivity index (χ2n) is 4.56. The Hall–Kier alpha value is -1.36. The van der Waals surface area contributed by atoms with Crippen LogP contribution in [0, 0.1) is 5.41 Å². The molecule has 0 spiro atoms. The number of hydrogen-bond donors (Lipinski definition) is 1. The van der Waals surface area contributed by atoms with Gasteiger partial charge in [-0.3, -0.25) is 4.79 Å². The van der Waals surface area contributed by atoms with Gasteiger partial charge in [-0.1, -0.05) is 20.8 Å². The minimum atomic E-state index is -0.965. The molecule has 0 atom stereocenters. The number of carbonyl (C=O) groups excluding carboxylic acids is 1. The summed E-state index contributed by atoms with van der Waals surface area (Å²) >= 11 is 1.10. The molecular weight excluding hydrogens is 226 g/mol. The Labute approximate surface area is 98.5 Å². The van der Waals surface area contributed by atoms with Crippen molar-refractivity contribution in [2.45, 2.75) is 20.8 Å². The predicted octanol–water partition coefficient (Wildman–Crippen LogP) is 2.46. The molecule has 88 valence electrons. The zero-order valence-corrected chi connectivity index (χ0v) is 10.6. The van der Waals surface area contributed by atoms with E-state index in [2.05, 4.69) is 0 Å². The van der Waals surface area contributed by atoms with Crippen molar-refractivity contribution in [1.29, 1.82) is 0 Å². The Morgan fingerprint density at radius 2 is 1.88 bits per heavy atom. The van der Waals surface area contributed by atoms with Gasteiger partial charge in [0.25, 0.3) is 0 Å². The molecular formula is C11H15NO3S. The minimum absolute atomic E-state index is 0.0358. The zero-order valence-electron chi connectivity index (χ0n) is 9.77. The molecule has 1 amide bonds. The molecule has 0 saturated heterocycles. The number of carbonyl (C=O) groups is 2. The van der Waals surface area contributed by atoms with E-state index in [0.717, 1.165) is 11.3 Å². The van der Waals surface area contributed by atoms with Gasteiger partial charge >= 0.3 is 5.97 Å². The maximum absolute atomic E-state index is 11.9. The maximum Gasteiger partial charge on any atom is 0.345 e. The van der Waals surface area contributed by atoms with Crippen molar-refractivity contribution >= 4 is 28.2 Å². The predicted molar refractivity (Wildman–Crippen MR) is 64.1 cm³/mol. The van der Waals surface area contributed by atoms with E-state index in [0.29, 0.717) is 5.00 Å². The quantitative estimate of drug-likeness (QED) is 0.865. The maximum atomic E-state index is 11.9. The molecule has 0 fully saturated rings. The molecule has 1 heterocycles. The molecule has 0 aliphatic heterocycles. The van der Waals surface area contributed by atoms with Crippen molar-refractivity contribution < 1.29 is 14.7 Å². The van der Waals surface area contributed by atoms with Crippen LogP contribution in [0.25, 0.3) is 0 Å². The molecule has 5 heteroatoms. The highest BCUT2D eigenvalue weighted by Gasteiger charge is 2.26. The van der Waals surface area contributed by atoms with E-state index in [-0.39, 0.29) is 10.8 Å². The van der Waals surface area contributed by atoms with E-state index in [1.807, 2.05) is 20.8 Å². The van der Waals surface area contributed by atoms with Gasteiger partial charge in [0.2, 0.25) is 5.91 Å². The molecule has 0 unspecified atom stereocenters. The van der Waals surface area contributed by atoms with Gasteiger partial charge in [-0.15, -0.1) is 11.3 Å². The number of hydrogen-bond acceptors (Lipinski definition) is 3. The van der Waals surface area contributed by atoms with Crippen LogP contribution in [-0.4, -0.2) is 24.0 Å². The van der Waals surface area contributed by atoms with Crippen LogP contribution in [0.3, 0.4) is 0 Å². The lowest BCUT2D eigenvalue weighted by Crippen LogP contribution is -2.36. The molecule has 1 aromatic heterocycles. The van der Waals surface area contributed by atoms with Crippen molar-refractivity contribution in [1.82, 2.24) is 0 Å². The highest BCUT2D eigenvalue weighted by atomic mass is 32.1. The van der Waals surface area contributed by atoms with Crippen LogP contribution in [0.1, 0.15) is 30.4 Å². The number of nitrogens with zero attached hydrogens (tertiary/aromatic N) is 1. The van der Waals surface area contributed by atoms with Crippen LogP contribution in [-0.2, 0) is 4.79 Å². The standard InChI is InChI=1S/C11H15NO3S/c1-11(2,3)10(15)12(4)8-6-5-7(16-8)9(13)14/h5-6H,1-4H3,(H,13,14). The molecule has 4 nitrogen and oxygen atoms in total. The first-order valence-corrected chi connectivity index (χ1v) is 5.66. The number of thiophene rings is 1. The smallest absolute Gasteiger partial charge is 0.345 e. The third-order valence-corrected chi connectivity index (χ3v) is 3.23. The van der Waals surface area contributed by atoms with Crippen molar-refractivity contribution in [2.75, 3.05) is 11.9 Å². The first kappa shape index (κ1) is 12.7. The molecule has 0 aliphatic carbocycles. The lowest BCUT2D eigenvalue weighted by Gasteiger charge is -2.24. The number of amides is 1. The van der Waals surface area contributed by atoms with Gasteiger partial charge in [-0.2, -0.15) is 0 Å². The number of aromatic carboxylic acids is 1. The topological polar surface area (TPSA) is 57.6 Å². The Balaban J connectivity index is 2.93. The van der Waals surface area contributed by atoms with Crippen LogP contribution in [0.15, 0.2) is 12.1 Å². The second kappa shape index (κ2) is 4.25. The molecule has 1 N–H and O–H groups in total. The van der Waals surface area contributed by atoms with Crippen LogP contribution < -0.4 is 4.90 Å². The van der Waals surface area contributed by atoms with Gasteiger partial charge in [-0.25, -0.2) is 4.79 Å². The SMILES string of the molecule is CN(C(=O)C(C)(C)C)c1ccc(C(=O)O)s1. The van der Waals surface area contributed by atoms with E-state index in [9.17, 15) is 9.59 Å². The summed E-state index contributed by atoms with van der Waals surface area (Å²) in [5, 5.41) is 9.44. The summed E-state index contributed by atoms with van der Waals surface area (Å²) in [6.45, 7) is 5.49. The lowest BCUT2D eigenvalue weighted by molar-refractivity contribution is -0.125. The third kappa shape index (κ3) is 2.61. The molecule has 0 radical (unpaired) electrons. The average Bonchev–Trinajstić information content (AvgIpc) is 2.62. The summed E-state index contributed by atoms with van der Waals surface area (Å²) < 4.78 is 0. The molecule has 0 aromatic carbocycles. The number of carboxylic acid groups (broad SMARTS) is 1. The summed E-state index contributed by atoms with van der Waals surface area (Å²) in [6.07, 6.45) is 0. The highest BCUT2D eigenvalue weighted by Crippen LogP contribution is 2.28. The van der Waals surface area contributed by atoms with Crippen molar-refractivity contribution in [3.05, 3.63) is 17.0 Å². The fourth-order valence-electron chi connectivity index (χ4n) is 1.23. The van der Waals surface area contributed by atoms with Crippen LogP contribution in [0.2, 0.25) is 0 Å². The summed E-state index contributed by atoms with van der Waals surface area (Å²) in [7, 11) is 1.66. The summed E-state index contributed by atoms with van der Waals surface area (Å²) in [4.78, 5) is 24.4. The van der Waals surface area contributed by atoms with E-state index in [1.54, 1.807) is 13.1 Å². The molecule has 0 bridgehead atoms. The molecule has 0 aliphatic rings. The third-order valence-electron chi connectivity index (χ3n) is 2.08. The lowest BCUT2D eigenvalue weighted by atomic mass is 9.95. The first-order valence-electron chi connectivity index (χ1n) is 4.85. The largest absolute Gasteiger partial charge is 0.477 e. The number of rotatable bonds is 2. The van der Waals surface area contributed by atoms with E-state index in [4.69, 9.17) is 5.11 Å². The van der Waals surface area contributed by atoms with Crippen LogP contribution in [0.4, 0.5) is 5.00 Å². The van der Waals surface area contributed by atoms with Crippen LogP contribution >= 0.6 is 11.3 Å². The average molecular weight is 241 g/mol. The zero-order chi connectivity index (χ0) is 12.5. The molecule has 0 saturated carbocycles. The number of carboxylic acids is 1. The van der Waals surface area contributed by atoms with Gasteiger partial charge in [0.05, 0.1) is 5.00 Å². The summed E-state index contributed by atoms with van der Waals surface area (Å²) in [5.41, 5.74) is -0.470. The molecule has 1 rings (SSSR count). The Kier molecular flexibility index (Phi) is 3.38. The van der Waals surface area contributed by atoms with E-state index < -0.39 is 11.4 Å².